The molecule has 0 spiro atoms. The summed E-state index contributed by atoms with van der Waals surface area (Å²) in [5.74, 6) is -0.510. The van der Waals surface area contributed by atoms with Gasteiger partial charge in [-0.3, -0.25) is 4.79 Å². The van der Waals surface area contributed by atoms with Gasteiger partial charge >= 0.3 is 5.97 Å². The van der Waals surface area contributed by atoms with Crippen LogP contribution in [0.15, 0.2) is 0 Å². The number of carbonyl (C=O) groups is 1. The van der Waals surface area contributed by atoms with Crippen molar-refractivity contribution < 1.29 is 14.6 Å². The third-order valence-corrected chi connectivity index (χ3v) is 4.15. The minimum Gasteiger partial charge on any atom is -0.480 e. The average Bonchev–Trinajstić information content (AvgIpc) is 2.77. The van der Waals surface area contributed by atoms with Gasteiger partial charge in [0.1, 0.15) is 5.54 Å². The van der Waals surface area contributed by atoms with E-state index in [1.54, 1.807) is 7.05 Å². The number of nitrogens with one attached hydrogen (secondary N) is 1. The van der Waals surface area contributed by atoms with Crippen LogP contribution in [0.2, 0.25) is 0 Å². The second-order valence-corrected chi connectivity index (χ2v) is 5.22. The number of likely N-dealkylation sites (N-methyl/N-ethyl adjacent to an activating group) is 1. The fraction of sp³-hybridized carbons (Fsp3) is 0.929. The number of hydrogen-bond donors (Lipinski definition) is 2. The van der Waals surface area contributed by atoms with Crippen LogP contribution < -0.4 is 5.32 Å². The minimum absolute atomic E-state index is 0.200. The number of unbranched alkanes of at least 4 members (excludes halogenated alkanes) is 2. The lowest BCUT2D eigenvalue weighted by Gasteiger charge is -2.30. The predicted molar refractivity (Wildman–Crippen MR) is 71.7 cm³/mol. The van der Waals surface area contributed by atoms with E-state index in [1.165, 1.54) is 12.8 Å². The highest BCUT2D eigenvalue weighted by molar-refractivity contribution is 5.79. The van der Waals surface area contributed by atoms with E-state index in [-0.39, 0.29) is 5.92 Å². The molecule has 2 atom stereocenters. The van der Waals surface area contributed by atoms with Gasteiger partial charge in [-0.05, 0) is 38.6 Å². The van der Waals surface area contributed by atoms with Gasteiger partial charge in [0.05, 0.1) is 0 Å². The Labute approximate surface area is 110 Å². The topological polar surface area (TPSA) is 58.6 Å². The molecule has 2 unspecified atom stereocenters. The van der Waals surface area contributed by atoms with E-state index < -0.39 is 11.5 Å². The molecule has 1 aliphatic rings. The lowest BCUT2D eigenvalue weighted by molar-refractivity contribution is -0.146. The van der Waals surface area contributed by atoms with Gasteiger partial charge in [0, 0.05) is 13.2 Å². The van der Waals surface area contributed by atoms with Crippen LogP contribution in [0.1, 0.15) is 51.9 Å². The molecular formula is C14H27NO3. The summed E-state index contributed by atoms with van der Waals surface area (Å²) < 4.78 is 5.59. The van der Waals surface area contributed by atoms with Gasteiger partial charge in [-0.15, -0.1) is 0 Å². The maximum absolute atomic E-state index is 11.4. The number of hydrogen-bond acceptors (Lipinski definition) is 3. The molecule has 1 aliphatic carbocycles. The summed E-state index contributed by atoms with van der Waals surface area (Å²) in [7, 11) is 1.76. The summed E-state index contributed by atoms with van der Waals surface area (Å²) in [6.07, 6.45) is 7.09. The molecule has 0 aromatic rings. The maximum Gasteiger partial charge on any atom is 0.324 e. The second kappa shape index (κ2) is 7.74. The Hall–Kier alpha value is -0.610. The highest BCUT2D eigenvalue weighted by Crippen LogP contribution is 2.37. The number of carboxylic acid groups (broad SMARTS) is 1. The van der Waals surface area contributed by atoms with Crippen LogP contribution in [-0.2, 0) is 9.53 Å². The summed E-state index contributed by atoms with van der Waals surface area (Å²) in [5.41, 5.74) is -0.715. The third kappa shape index (κ3) is 3.69. The Bertz CT molecular complexity index is 257. The molecule has 0 amide bonds. The van der Waals surface area contributed by atoms with E-state index in [0.29, 0.717) is 6.61 Å². The first-order chi connectivity index (χ1) is 8.67. The van der Waals surface area contributed by atoms with Crippen molar-refractivity contribution in [3.8, 4) is 0 Å². The van der Waals surface area contributed by atoms with Gasteiger partial charge in [0.2, 0.25) is 0 Å². The molecule has 0 saturated heterocycles. The number of aliphatic carboxylic acids is 1. The monoisotopic (exact) mass is 257 g/mol. The van der Waals surface area contributed by atoms with Crippen LogP contribution in [0, 0.1) is 5.92 Å². The van der Waals surface area contributed by atoms with Crippen LogP contribution in [0.3, 0.4) is 0 Å². The lowest BCUT2D eigenvalue weighted by atomic mass is 9.85. The first kappa shape index (κ1) is 15.4. The Kier molecular flexibility index (Phi) is 6.65. The Morgan fingerprint density at radius 3 is 2.83 bits per heavy atom. The highest BCUT2D eigenvalue weighted by atomic mass is 16.5. The van der Waals surface area contributed by atoms with E-state index in [2.05, 4.69) is 12.2 Å². The van der Waals surface area contributed by atoms with Crippen LogP contribution in [0.5, 0.6) is 0 Å². The average molecular weight is 257 g/mol. The molecule has 4 heteroatoms. The zero-order valence-electron chi connectivity index (χ0n) is 11.7. The van der Waals surface area contributed by atoms with E-state index in [4.69, 9.17) is 4.74 Å². The smallest absolute Gasteiger partial charge is 0.324 e. The molecule has 0 bridgehead atoms. The molecule has 2 N–H and O–H groups in total. The summed E-state index contributed by atoms with van der Waals surface area (Å²) >= 11 is 0. The van der Waals surface area contributed by atoms with Gasteiger partial charge in [0.15, 0.2) is 0 Å². The summed E-state index contributed by atoms with van der Waals surface area (Å²) in [6.45, 7) is 3.66. The van der Waals surface area contributed by atoms with Crippen LogP contribution >= 0.6 is 0 Å². The van der Waals surface area contributed by atoms with E-state index in [9.17, 15) is 9.90 Å². The van der Waals surface area contributed by atoms with Gasteiger partial charge in [0.25, 0.3) is 0 Å². The van der Waals surface area contributed by atoms with Crippen molar-refractivity contribution >= 4 is 5.97 Å². The first-order valence-corrected chi connectivity index (χ1v) is 7.17. The Balaban J connectivity index is 2.30. The summed E-state index contributed by atoms with van der Waals surface area (Å²) in [5, 5.41) is 12.4. The van der Waals surface area contributed by atoms with E-state index >= 15 is 0 Å². The van der Waals surface area contributed by atoms with E-state index in [0.717, 1.165) is 38.7 Å². The van der Waals surface area contributed by atoms with Crippen molar-refractivity contribution in [2.24, 2.45) is 5.92 Å². The Morgan fingerprint density at radius 2 is 2.22 bits per heavy atom. The molecule has 1 fully saturated rings. The largest absolute Gasteiger partial charge is 0.480 e. The normalized spacial score (nSPS) is 27.6. The number of ether oxygens (including phenoxy) is 1. The lowest BCUT2D eigenvalue weighted by Crippen LogP contribution is -2.53. The molecule has 0 radical (unpaired) electrons. The molecule has 4 nitrogen and oxygen atoms in total. The van der Waals surface area contributed by atoms with Crippen molar-refractivity contribution in [3.05, 3.63) is 0 Å². The van der Waals surface area contributed by atoms with Crippen molar-refractivity contribution in [1.29, 1.82) is 0 Å². The fourth-order valence-electron chi connectivity index (χ4n) is 2.97. The van der Waals surface area contributed by atoms with Crippen molar-refractivity contribution in [2.45, 2.75) is 57.4 Å². The molecule has 0 aliphatic heterocycles. The highest BCUT2D eigenvalue weighted by Gasteiger charge is 2.47. The van der Waals surface area contributed by atoms with Gasteiger partial charge in [-0.2, -0.15) is 0 Å². The van der Waals surface area contributed by atoms with Gasteiger partial charge in [-0.1, -0.05) is 26.2 Å². The molecule has 18 heavy (non-hydrogen) atoms. The van der Waals surface area contributed by atoms with E-state index in [1.807, 2.05) is 0 Å². The minimum atomic E-state index is -0.715. The standard InChI is InChI=1S/C14H27NO3/c1-3-4-5-10-18-11-8-12-7-6-9-14(12,15-2)13(16)17/h12,15H,3-11H2,1-2H3,(H,16,17). The molecular weight excluding hydrogens is 230 g/mol. The number of rotatable bonds is 9. The Morgan fingerprint density at radius 1 is 1.44 bits per heavy atom. The predicted octanol–water partition coefficient (Wildman–Crippen LogP) is 2.43. The molecule has 1 saturated carbocycles. The third-order valence-electron chi connectivity index (χ3n) is 4.15. The van der Waals surface area contributed by atoms with Crippen molar-refractivity contribution in [2.75, 3.05) is 20.3 Å². The van der Waals surface area contributed by atoms with Gasteiger partial charge in [-0.25, -0.2) is 0 Å². The molecule has 1 rings (SSSR count). The maximum atomic E-state index is 11.4. The van der Waals surface area contributed by atoms with Crippen LogP contribution in [0.25, 0.3) is 0 Å². The molecule has 0 aromatic carbocycles. The SMILES string of the molecule is CCCCCOCCC1CCCC1(NC)C(=O)O. The zero-order valence-corrected chi connectivity index (χ0v) is 11.7. The zero-order chi connectivity index (χ0) is 13.4. The quantitative estimate of drug-likeness (QED) is 0.623. The fourth-order valence-corrected chi connectivity index (χ4v) is 2.97. The van der Waals surface area contributed by atoms with Crippen molar-refractivity contribution in [3.63, 3.8) is 0 Å². The first-order valence-electron chi connectivity index (χ1n) is 7.17. The van der Waals surface area contributed by atoms with Gasteiger partial charge < -0.3 is 15.2 Å². The van der Waals surface area contributed by atoms with Crippen molar-refractivity contribution in [1.82, 2.24) is 5.32 Å². The molecule has 106 valence electrons. The van der Waals surface area contributed by atoms with Crippen LogP contribution in [0.4, 0.5) is 0 Å². The second-order valence-electron chi connectivity index (χ2n) is 5.22. The van der Waals surface area contributed by atoms with Crippen LogP contribution in [-0.4, -0.2) is 36.9 Å². The molecule has 0 aromatic heterocycles. The number of carboxylic acids is 1. The molecule has 0 heterocycles. The summed E-state index contributed by atoms with van der Waals surface area (Å²) in [6, 6.07) is 0. The summed E-state index contributed by atoms with van der Waals surface area (Å²) in [4.78, 5) is 11.4.